The second-order valence-corrected chi connectivity index (χ2v) is 8.35. The molecule has 0 bridgehead atoms. The number of aromatic nitrogens is 2. The average molecular weight is 499 g/mol. The summed E-state index contributed by atoms with van der Waals surface area (Å²) in [7, 11) is 0. The van der Waals surface area contributed by atoms with E-state index in [-0.39, 0.29) is 11.4 Å². The van der Waals surface area contributed by atoms with Crippen LogP contribution in [-0.2, 0) is 4.79 Å². The highest BCUT2D eigenvalue weighted by atomic mass is 19.4. The van der Waals surface area contributed by atoms with E-state index in [0.717, 1.165) is 38.9 Å². The van der Waals surface area contributed by atoms with Crippen LogP contribution >= 0.6 is 0 Å². The highest BCUT2D eigenvalue weighted by Crippen LogP contribution is 2.41. The second kappa shape index (κ2) is 11.4. The molecule has 1 saturated heterocycles. The van der Waals surface area contributed by atoms with Gasteiger partial charge in [-0.25, -0.2) is 24.6 Å². The minimum atomic E-state index is -5.08. The van der Waals surface area contributed by atoms with Gasteiger partial charge in [0.05, 0.1) is 5.56 Å². The van der Waals surface area contributed by atoms with Gasteiger partial charge in [-0.1, -0.05) is 12.1 Å². The summed E-state index contributed by atoms with van der Waals surface area (Å²) in [6.07, 6.45) is 0.993. The Kier molecular flexibility index (Phi) is 8.57. The van der Waals surface area contributed by atoms with Gasteiger partial charge in [0.15, 0.2) is 0 Å². The lowest BCUT2D eigenvalue weighted by Crippen LogP contribution is -2.38. The molecule has 1 aliphatic heterocycles. The van der Waals surface area contributed by atoms with Crippen LogP contribution in [0, 0.1) is 11.7 Å². The molecule has 1 amide bonds. The van der Waals surface area contributed by atoms with Crippen molar-refractivity contribution in [3.63, 3.8) is 0 Å². The van der Waals surface area contributed by atoms with Crippen LogP contribution in [0.4, 0.5) is 23.5 Å². The normalized spacial score (nSPS) is 20.0. The Bertz CT molecular complexity index is 996. The van der Waals surface area contributed by atoms with Gasteiger partial charge in [-0.05, 0) is 49.4 Å². The molecule has 13 heteroatoms. The summed E-state index contributed by atoms with van der Waals surface area (Å²) in [6.45, 7) is 2.75. The van der Waals surface area contributed by atoms with Crippen LogP contribution in [0.2, 0.25) is 0 Å². The highest BCUT2D eigenvalue weighted by molar-refractivity contribution is 5.92. The third-order valence-corrected chi connectivity index (χ3v) is 5.90. The fourth-order valence-electron chi connectivity index (χ4n) is 3.82. The number of carboxylic acid groups (broad SMARTS) is 1. The Labute approximate surface area is 198 Å². The summed E-state index contributed by atoms with van der Waals surface area (Å²) in [5.74, 6) is -1.83. The molecule has 9 nitrogen and oxygen atoms in total. The van der Waals surface area contributed by atoms with E-state index in [9.17, 15) is 22.4 Å². The number of alkyl halides is 3. The number of hydrogen-bond acceptors (Lipinski definition) is 7. The summed E-state index contributed by atoms with van der Waals surface area (Å²) in [6, 6.07) is 7.33. The van der Waals surface area contributed by atoms with Crippen LogP contribution in [0.25, 0.3) is 0 Å². The van der Waals surface area contributed by atoms with Crippen molar-refractivity contribution in [3.05, 3.63) is 53.6 Å². The van der Waals surface area contributed by atoms with Crippen LogP contribution in [0.1, 0.15) is 41.1 Å². The number of anilines is 1. The Morgan fingerprint density at radius 1 is 1.09 bits per heavy atom. The highest BCUT2D eigenvalue weighted by Gasteiger charge is 2.39. The first-order chi connectivity index (χ1) is 16.6. The molecule has 1 aromatic carbocycles. The molecule has 35 heavy (non-hydrogen) atoms. The molecule has 0 radical (unpaired) electrons. The van der Waals surface area contributed by atoms with Gasteiger partial charge in [0.25, 0.3) is 5.91 Å². The number of amides is 1. The first-order valence-electron chi connectivity index (χ1n) is 10.9. The molecule has 4 rings (SSSR count). The predicted molar refractivity (Wildman–Crippen MR) is 115 cm³/mol. The van der Waals surface area contributed by atoms with E-state index >= 15 is 0 Å². The number of nitrogens with one attached hydrogen (secondary N) is 2. The largest absolute Gasteiger partial charge is 0.490 e. The number of hydroxylamine groups is 1. The van der Waals surface area contributed by atoms with Crippen LogP contribution in [0.3, 0.4) is 0 Å². The number of aliphatic carboxylic acids is 1. The van der Waals surface area contributed by atoms with Crippen molar-refractivity contribution < 1.29 is 37.5 Å². The SMILES string of the molecule is O=C(NO)c1cnc(N2CCC(CN[C@@H]3C[C@H]3c3ccc(F)cc3)CC2)nc1.O=C(O)C(F)(F)F. The van der Waals surface area contributed by atoms with E-state index in [1.54, 1.807) is 5.48 Å². The van der Waals surface area contributed by atoms with Crippen molar-refractivity contribution in [1.29, 1.82) is 0 Å². The minimum Gasteiger partial charge on any atom is -0.475 e. The summed E-state index contributed by atoms with van der Waals surface area (Å²) in [5.41, 5.74) is 3.01. The van der Waals surface area contributed by atoms with Crippen LogP contribution < -0.4 is 15.7 Å². The molecule has 2 heterocycles. The summed E-state index contributed by atoms with van der Waals surface area (Å²) >= 11 is 0. The van der Waals surface area contributed by atoms with Crippen molar-refractivity contribution in [2.45, 2.75) is 37.4 Å². The van der Waals surface area contributed by atoms with Crippen molar-refractivity contribution in [1.82, 2.24) is 20.8 Å². The molecule has 1 saturated carbocycles. The molecule has 0 unspecified atom stereocenters. The van der Waals surface area contributed by atoms with E-state index < -0.39 is 18.1 Å². The number of carbonyl (C=O) groups excluding carboxylic acids is 1. The van der Waals surface area contributed by atoms with Crippen molar-refractivity contribution in [3.8, 4) is 0 Å². The first-order valence-corrected chi connectivity index (χ1v) is 10.9. The maximum atomic E-state index is 13.0. The third-order valence-electron chi connectivity index (χ3n) is 5.90. The zero-order valence-electron chi connectivity index (χ0n) is 18.5. The molecule has 0 spiro atoms. The second-order valence-electron chi connectivity index (χ2n) is 8.35. The molecule has 1 aliphatic carbocycles. The lowest BCUT2D eigenvalue weighted by Gasteiger charge is -2.32. The average Bonchev–Trinajstić information content (AvgIpc) is 3.62. The monoisotopic (exact) mass is 499 g/mol. The van der Waals surface area contributed by atoms with Crippen LogP contribution in [0.5, 0.6) is 0 Å². The van der Waals surface area contributed by atoms with Gasteiger partial charge < -0.3 is 15.3 Å². The van der Waals surface area contributed by atoms with Gasteiger partial charge >= 0.3 is 12.1 Å². The zero-order valence-corrected chi connectivity index (χ0v) is 18.5. The number of halogens is 4. The third kappa shape index (κ3) is 7.59. The van der Waals surface area contributed by atoms with E-state index in [1.165, 1.54) is 30.1 Å². The topological polar surface area (TPSA) is 128 Å². The van der Waals surface area contributed by atoms with Gasteiger partial charge in [-0.2, -0.15) is 13.2 Å². The van der Waals surface area contributed by atoms with Crippen LogP contribution in [-0.4, -0.2) is 64.0 Å². The maximum absolute atomic E-state index is 13.0. The minimum absolute atomic E-state index is 0.184. The number of carbonyl (C=O) groups is 2. The molecule has 2 fully saturated rings. The Hall–Kier alpha value is -3.32. The van der Waals surface area contributed by atoms with Gasteiger partial charge in [-0.3, -0.25) is 10.0 Å². The van der Waals surface area contributed by atoms with Gasteiger partial charge in [0.2, 0.25) is 5.95 Å². The molecule has 190 valence electrons. The summed E-state index contributed by atoms with van der Waals surface area (Å²) in [5, 5.41) is 19.4. The van der Waals surface area contributed by atoms with Gasteiger partial charge in [-0.15, -0.1) is 0 Å². The molecular formula is C22H25F4N5O4. The Morgan fingerprint density at radius 2 is 1.66 bits per heavy atom. The number of rotatable bonds is 6. The Balaban J connectivity index is 0.000000429. The van der Waals surface area contributed by atoms with Gasteiger partial charge in [0, 0.05) is 37.4 Å². The number of nitrogens with zero attached hydrogens (tertiary/aromatic N) is 3. The van der Waals surface area contributed by atoms with Crippen molar-refractivity contribution >= 4 is 17.8 Å². The summed E-state index contributed by atoms with van der Waals surface area (Å²) < 4.78 is 44.8. The van der Waals surface area contributed by atoms with E-state index in [2.05, 4.69) is 20.2 Å². The maximum Gasteiger partial charge on any atom is 0.490 e. The van der Waals surface area contributed by atoms with Crippen molar-refractivity contribution in [2.75, 3.05) is 24.5 Å². The quantitative estimate of drug-likeness (QED) is 0.272. The zero-order chi connectivity index (χ0) is 25.6. The number of hydrogen-bond donors (Lipinski definition) is 4. The molecular weight excluding hydrogens is 474 g/mol. The predicted octanol–water partition coefficient (Wildman–Crippen LogP) is 2.73. The number of piperidine rings is 1. The van der Waals surface area contributed by atoms with Crippen molar-refractivity contribution in [2.24, 2.45) is 5.92 Å². The molecule has 4 N–H and O–H groups in total. The lowest BCUT2D eigenvalue weighted by atomic mass is 9.97. The number of benzene rings is 1. The molecule has 2 aromatic rings. The van der Waals surface area contributed by atoms with E-state index in [4.69, 9.17) is 15.1 Å². The molecule has 2 aliphatic rings. The standard InChI is InChI=1S/C20H24FN5O2.C2HF3O2/c21-16-3-1-14(2-4-16)17-9-18(17)22-10-13-5-7-26(8-6-13)20-23-11-15(12-24-20)19(27)25-28;3-2(4,5)1(6)7/h1-4,11-13,17-18,22,28H,5-10H2,(H,25,27);(H,6,7)/t17-,18+;/m0./s1. The van der Waals surface area contributed by atoms with Crippen LogP contribution in [0.15, 0.2) is 36.7 Å². The Morgan fingerprint density at radius 3 is 2.17 bits per heavy atom. The molecule has 1 aromatic heterocycles. The van der Waals surface area contributed by atoms with E-state index in [0.29, 0.717) is 23.8 Å². The first kappa shape index (κ1) is 26.3. The molecule has 2 atom stereocenters. The van der Waals surface area contributed by atoms with E-state index in [1.807, 2.05) is 12.1 Å². The fraction of sp³-hybridized carbons (Fsp3) is 0.455. The van der Waals surface area contributed by atoms with Gasteiger partial charge in [0.1, 0.15) is 5.82 Å². The fourth-order valence-corrected chi connectivity index (χ4v) is 3.82. The summed E-state index contributed by atoms with van der Waals surface area (Å²) in [4.78, 5) is 30.8. The smallest absolute Gasteiger partial charge is 0.475 e. The number of carboxylic acids is 1. The lowest BCUT2D eigenvalue weighted by molar-refractivity contribution is -0.192.